The Hall–Kier alpha value is -2.61. The molecule has 0 bridgehead atoms. The highest BCUT2D eigenvalue weighted by Gasteiger charge is 2.18. The van der Waals surface area contributed by atoms with E-state index in [0.717, 1.165) is 27.4 Å². The van der Waals surface area contributed by atoms with Crippen LogP contribution in [0.15, 0.2) is 23.2 Å². The molecule has 7 nitrogen and oxygen atoms in total. The summed E-state index contributed by atoms with van der Waals surface area (Å²) >= 11 is 1.48. The lowest BCUT2D eigenvalue weighted by Gasteiger charge is -2.18. The van der Waals surface area contributed by atoms with E-state index in [1.165, 1.54) is 11.3 Å². The average molecular weight is 386 g/mol. The SMILES string of the molecule is CCn1c(=NC(=O)c2cc(C)nn2C(C)C)sc2cc3c(cc21)OCCO3. The maximum Gasteiger partial charge on any atom is 0.297 e. The van der Waals surface area contributed by atoms with E-state index < -0.39 is 0 Å². The van der Waals surface area contributed by atoms with Crippen molar-refractivity contribution in [2.45, 2.75) is 40.3 Å². The Balaban J connectivity index is 1.84. The molecule has 27 heavy (non-hydrogen) atoms. The number of nitrogens with zero attached hydrogens (tertiary/aromatic N) is 4. The van der Waals surface area contributed by atoms with Gasteiger partial charge in [-0.1, -0.05) is 11.3 Å². The van der Waals surface area contributed by atoms with E-state index >= 15 is 0 Å². The minimum atomic E-state index is -0.282. The third kappa shape index (κ3) is 3.14. The molecule has 0 saturated heterocycles. The van der Waals surface area contributed by atoms with Gasteiger partial charge in [0.05, 0.1) is 15.9 Å². The molecule has 3 heterocycles. The Morgan fingerprint density at radius 3 is 2.63 bits per heavy atom. The predicted molar refractivity (Wildman–Crippen MR) is 104 cm³/mol. The third-order valence-electron chi connectivity index (χ3n) is 4.43. The summed E-state index contributed by atoms with van der Waals surface area (Å²) in [5, 5.41) is 4.41. The number of hydrogen-bond acceptors (Lipinski definition) is 5. The summed E-state index contributed by atoms with van der Waals surface area (Å²) < 4.78 is 16.1. The highest BCUT2D eigenvalue weighted by atomic mass is 32.1. The number of amides is 1. The van der Waals surface area contributed by atoms with Gasteiger partial charge in [-0.3, -0.25) is 9.48 Å². The van der Waals surface area contributed by atoms with Gasteiger partial charge in [0.2, 0.25) is 0 Å². The van der Waals surface area contributed by atoms with Crippen molar-refractivity contribution in [1.29, 1.82) is 0 Å². The molecule has 3 aromatic rings. The number of hydrogen-bond donors (Lipinski definition) is 0. The second-order valence-corrected chi connectivity index (χ2v) is 7.73. The minimum Gasteiger partial charge on any atom is -0.486 e. The molecule has 0 unspecified atom stereocenters. The number of thiazole rings is 1. The van der Waals surface area contributed by atoms with E-state index in [2.05, 4.69) is 10.1 Å². The molecule has 1 aromatic carbocycles. The van der Waals surface area contributed by atoms with Gasteiger partial charge < -0.3 is 14.0 Å². The largest absolute Gasteiger partial charge is 0.486 e. The lowest BCUT2D eigenvalue weighted by atomic mass is 10.2. The summed E-state index contributed by atoms with van der Waals surface area (Å²) in [4.78, 5) is 18.0. The number of aryl methyl sites for hydroxylation is 2. The van der Waals surface area contributed by atoms with Crippen LogP contribution in [0.3, 0.4) is 0 Å². The van der Waals surface area contributed by atoms with Crippen LogP contribution in [0.4, 0.5) is 0 Å². The number of aromatic nitrogens is 3. The lowest BCUT2D eigenvalue weighted by Crippen LogP contribution is -2.18. The molecule has 1 aliphatic rings. The first-order chi connectivity index (χ1) is 13.0. The third-order valence-corrected chi connectivity index (χ3v) is 5.47. The highest BCUT2D eigenvalue weighted by Crippen LogP contribution is 2.35. The predicted octanol–water partition coefficient (Wildman–Crippen LogP) is 3.32. The Bertz CT molecular complexity index is 1090. The standard InChI is InChI=1S/C19H22N4O3S/c1-5-22-13-9-15-16(26-7-6-25-15)10-17(13)27-19(22)20-18(24)14-8-12(4)21-23(14)11(2)3/h8-11H,5-7H2,1-4H3. The molecule has 0 fully saturated rings. The summed E-state index contributed by atoms with van der Waals surface area (Å²) in [7, 11) is 0. The molecule has 1 aliphatic heterocycles. The first kappa shape index (κ1) is 17.8. The summed E-state index contributed by atoms with van der Waals surface area (Å²) in [6, 6.07) is 5.81. The molecule has 1 amide bonds. The van der Waals surface area contributed by atoms with Gasteiger partial charge in [0.15, 0.2) is 16.3 Å². The van der Waals surface area contributed by atoms with E-state index in [0.29, 0.717) is 30.3 Å². The monoisotopic (exact) mass is 386 g/mol. The van der Waals surface area contributed by atoms with Gasteiger partial charge >= 0.3 is 0 Å². The molecular formula is C19H22N4O3S. The normalized spacial score (nSPS) is 14.3. The fourth-order valence-electron chi connectivity index (χ4n) is 3.21. The highest BCUT2D eigenvalue weighted by molar-refractivity contribution is 7.16. The van der Waals surface area contributed by atoms with Crippen molar-refractivity contribution in [2.75, 3.05) is 13.2 Å². The number of fused-ring (bicyclic) bond motifs is 2. The number of rotatable bonds is 3. The summed E-state index contributed by atoms with van der Waals surface area (Å²) in [5.74, 6) is 1.19. The fourth-order valence-corrected chi connectivity index (χ4v) is 4.31. The second kappa shape index (κ2) is 6.84. The van der Waals surface area contributed by atoms with Gasteiger partial charge in [0.1, 0.15) is 18.9 Å². The van der Waals surface area contributed by atoms with E-state index in [4.69, 9.17) is 9.47 Å². The molecule has 4 rings (SSSR count). The first-order valence-electron chi connectivity index (χ1n) is 9.06. The maximum atomic E-state index is 12.9. The number of ether oxygens (including phenoxy) is 2. The van der Waals surface area contributed by atoms with Crippen LogP contribution < -0.4 is 14.3 Å². The summed E-state index contributed by atoms with van der Waals surface area (Å²) in [5.41, 5.74) is 2.31. The molecule has 2 aromatic heterocycles. The number of benzene rings is 1. The van der Waals surface area contributed by atoms with Crippen LogP contribution in [0.2, 0.25) is 0 Å². The van der Waals surface area contributed by atoms with Crippen LogP contribution in [0.5, 0.6) is 11.5 Å². The van der Waals surface area contributed by atoms with Crippen LogP contribution in [0.1, 0.15) is 43.0 Å². The van der Waals surface area contributed by atoms with Crippen molar-refractivity contribution < 1.29 is 14.3 Å². The molecule has 142 valence electrons. The quantitative estimate of drug-likeness (QED) is 0.692. The van der Waals surface area contributed by atoms with Crippen molar-refractivity contribution in [1.82, 2.24) is 14.3 Å². The van der Waals surface area contributed by atoms with Gasteiger partial charge in [-0.25, -0.2) is 0 Å². The zero-order valence-corrected chi connectivity index (χ0v) is 16.7. The smallest absolute Gasteiger partial charge is 0.297 e. The van der Waals surface area contributed by atoms with Gasteiger partial charge in [0, 0.05) is 24.7 Å². The molecular weight excluding hydrogens is 364 g/mol. The molecule has 0 atom stereocenters. The fraction of sp³-hybridized carbons (Fsp3) is 0.421. The van der Waals surface area contributed by atoms with E-state index in [-0.39, 0.29) is 11.9 Å². The number of carbonyl (C=O) groups excluding carboxylic acids is 1. The van der Waals surface area contributed by atoms with E-state index in [1.54, 1.807) is 10.7 Å². The molecule has 0 spiro atoms. The Labute approximate surface area is 160 Å². The van der Waals surface area contributed by atoms with Gasteiger partial charge in [-0.2, -0.15) is 10.1 Å². The molecule has 8 heteroatoms. The topological polar surface area (TPSA) is 70.6 Å². The van der Waals surface area contributed by atoms with Crippen LogP contribution in [0, 0.1) is 6.92 Å². The molecule has 0 N–H and O–H groups in total. The van der Waals surface area contributed by atoms with Crippen molar-refractivity contribution in [3.8, 4) is 11.5 Å². The zero-order chi connectivity index (χ0) is 19.1. The zero-order valence-electron chi connectivity index (χ0n) is 15.9. The van der Waals surface area contributed by atoms with Crippen LogP contribution >= 0.6 is 11.3 Å². The van der Waals surface area contributed by atoms with Crippen molar-refractivity contribution in [3.63, 3.8) is 0 Å². The summed E-state index contributed by atoms with van der Waals surface area (Å²) in [6.07, 6.45) is 0. The van der Waals surface area contributed by atoms with Gasteiger partial charge in [-0.15, -0.1) is 0 Å². The van der Waals surface area contributed by atoms with Gasteiger partial charge in [0.25, 0.3) is 5.91 Å². The summed E-state index contributed by atoms with van der Waals surface area (Å²) in [6.45, 7) is 9.71. The van der Waals surface area contributed by atoms with Crippen LogP contribution in [-0.2, 0) is 6.54 Å². The second-order valence-electron chi connectivity index (χ2n) is 6.72. The van der Waals surface area contributed by atoms with E-state index in [9.17, 15) is 4.79 Å². The molecule has 0 radical (unpaired) electrons. The van der Waals surface area contributed by atoms with Crippen molar-refractivity contribution in [2.24, 2.45) is 4.99 Å². The van der Waals surface area contributed by atoms with Crippen LogP contribution in [0.25, 0.3) is 10.2 Å². The van der Waals surface area contributed by atoms with Crippen molar-refractivity contribution in [3.05, 3.63) is 34.4 Å². The van der Waals surface area contributed by atoms with Crippen molar-refractivity contribution >= 4 is 27.5 Å². The average Bonchev–Trinajstić information content (AvgIpc) is 3.19. The minimum absolute atomic E-state index is 0.0922. The lowest BCUT2D eigenvalue weighted by molar-refractivity contribution is 0.0986. The Kier molecular flexibility index (Phi) is 4.51. The molecule has 0 saturated carbocycles. The van der Waals surface area contributed by atoms with Crippen LogP contribution in [-0.4, -0.2) is 33.5 Å². The van der Waals surface area contributed by atoms with Gasteiger partial charge in [-0.05, 0) is 33.8 Å². The van der Waals surface area contributed by atoms with E-state index in [1.807, 2.05) is 44.4 Å². The first-order valence-corrected chi connectivity index (χ1v) is 9.87. The maximum absolute atomic E-state index is 12.9. The number of carbonyl (C=O) groups is 1. The molecule has 0 aliphatic carbocycles. The Morgan fingerprint density at radius 1 is 1.26 bits per heavy atom. The Morgan fingerprint density at radius 2 is 1.96 bits per heavy atom.